The number of nitrogens with zero attached hydrogens (tertiary/aromatic N) is 1. The number of pyridine rings is 1. The zero-order valence-corrected chi connectivity index (χ0v) is 11.3. The Bertz CT molecular complexity index is 462. The Hall–Kier alpha value is -0.850. The largest absolute Gasteiger partial charge is 0.378 e. The standard InChI is InChI=1S/C10H15ClN2O3S/c1-8(2)16-5-6-17(14,15)13-9-3-4-12-10(11)7-9/h3-4,7-8H,5-6H2,1-2H3,(H,12,13). The number of aromatic nitrogens is 1. The molecule has 96 valence electrons. The van der Waals surface area contributed by atoms with Crippen LogP contribution in [0.15, 0.2) is 18.3 Å². The third-order valence-corrected chi connectivity index (χ3v) is 3.26. The molecule has 0 aliphatic carbocycles. The SMILES string of the molecule is CC(C)OCCS(=O)(=O)Nc1ccnc(Cl)c1. The minimum absolute atomic E-state index is 0.0144. The van der Waals surface area contributed by atoms with E-state index in [9.17, 15) is 8.42 Å². The van der Waals surface area contributed by atoms with Gasteiger partial charge in [-0.3, -0.25) is 4.72 Å². The first-order chi connectivity index (χ1) is 7.89. The Morgan fingerprint density at radius 2 is 2.24 bits per heavy atom. The highest BCUT2D eigenvalue weighted by Gasteiger charge is 2.11. The van der Waals surface area contributed by atoms with Crippen LogP contribution < -0.4 is 4.72 Å². The maximum atomic E-state index is 11.6. The van der Waals surface area contributed by atoms with Crippen molar-refractivity contribution >= 4 is 27.3 Å². The molecule has 17 heavy (non-hydrogen) atoms. The number of nitrogens with one attached hydrogen (secondary N) is 1. The summed E-state index contributed by atoms with van der Waals surface area (Å²) in [6.45, 7) is 3.86. The van der Waals surface area contributed by atoms with E-state index in [2.05, 4.69) is 9.71 Å². The van der Waals surface area contributed by atoms with E-state index in [4.69, 9.17) is 16.3 Å². The summed E-state index contributed by atoms with van der Waals surface area (Å²) in [5, 5.41) is 0.239. The summed E-state index contributed by atoms with van der Waals surface area (Å²) in [7, 11) is -3.41. The first-order valence-corrected chi connectivity index (χ1v) is 7.16. The molecule has 0 bridgehead atoms. The van der Waals surface area contributed by atoms with E-state index in [1.165, 1.54) is 18.3 Å². The molecule has 5 nitrogen and oxygen atoms in total. The van der Waals surface area contributed by atoms with Crippen molar-refractivity contribution in [1.29, 1.82) is 0 Å². The Balaban J connectivity index is 2.55. The van der Waals surface area contributed by atoms with Crippen molar-refractivity contribution in [2.45, 2.75) is 20.0 Å². The fourth-order valence-corrected chi connectivity index (χ4v) is 2.17. The first-order valence-electron chi connectivity index (χ1n) is 5.13. The van der Waals surface area contributed by atoms with E-state index in [0.29, 0.717) is 5.69 Å². The highest BCUT2D eigenvalue weighted by atomic mass is 35.5. The van der Waals surface area contributed by atoms with Crippen LogP contribution in [0.5, 0.6) is 0 Å². The molecule has 0 atom stereocenters. The molecule has 0 aliphatic rings. The molecule has 0 fully saturated rings. The second-order valence-electron chi connectivity index (χ2n) is 3.71. The van der Waals surface area contributed by atoms with Crippen molar-refractivity contribution in [3.63, 3.8) is 0 Å². The predicted molar refractivity (Wildman–Crippen MR) is 67.7 cm³/mol. The molecule has 0 amide bonds. The van der Waals surface area contributed by atoms with Crippen molar-refractivity contribution in [3.05, 3.63) is 23.5 Å². The number of ether oxygens (including phenoxy) is 1. The maximum absolute atomic E-state index is 11.6. The van der Waals surface area contributed by atoms with Gasteiger partial charge in [0.2, 0.25) is 10.0 Å². The molecule has 0 aliphatic heterocycles. The molecule has 1 aromatic rings. The summed E-state index contributed by atoms with van der Waals surface area (Å²) in [6.07, 6.45) is 1.45. The lowest BCUT2D eigenvalue weighted by Crippen LogP contribution is -2.21. The summed E-state index contributed by atoms with van der Waals surface area (Å²) in [4.78, 5) is 3.76. The lowest BCUT2D eigenvalue weighted by Gasteiger charge is -2.10. The van der Waals surface area contributed by atoms with E-state index in [-0.39, 0.29) is 23.6 Å². The van der Waals surface area contributed by atoms with Crippen molar-refractivity contribution < 1.29 is 13.2 Å². The average molecular weight is 279 g/mol. The fraction of sp³-hybridized carbons (Fsp3) is 0.500. The van der Waals surface area contributed by atoms with E-state index in [1.807, 2.05) is 13.8 Å². The van der Waals surface area contributed by atoms with Crippen LogP contribution in [0.2, 0.25) is 5.15 Å². The van der Waals surface area contributed by atoms with Gasteiger partial charge in [0.05, 0.1) is 24.2 Å². The zero-order chi connectivity index (χ0) is 12.9. The highest BCUT2D eigenvalue weighted by molar-refractivity contribution is 7.92. The molecular formula is C10H15ClN2O3S. The Labute approximate surface area is 106 Å². The zero-order valence-electron chi connectivity index (χ0n) is 9.68. The number of rotatable bonds is 6. The third kappa shape index (κ3) is 5.86. The number of halogens is 1. The van der Waals surface area contributed by atoms with E-state index < -0.39 is 10.0 Å². The second-order valence-corrected chi connectivity index (χ2v) is 5.94. The molecule has 0 spiro atoms. The van der Waals surface area contributed by atoms with Gasteiger partial charge < -0.3 is 4.74 Å². The summed E-state index contributed by atoms with van der Waals surface area (Å²) in [6, 6.07) is 2.98. The monoisotopic (exact) mass is 278 g/mol. The molecule has 0 saturated heterocycles. The van der Waals surface area contributed by atoms with Gasteiger partial charge in [0.15, 0.2) is 0 Å². The average Bonchev–Trinajstić information content (AvgIpc) is 2.15. The Kier molecular flexibility index (Phi) is 5.17. The van der Waals surface area contributed by atoms with Gasteiger partial charge in [-0.05, 0) is 26.0 Å². The van der Waals surface area contributed by atoms with Crippen LogP contribution in [-0.2, 0) is 14.8 Å². The molecule has 0 radical (unpaired) electrons. The van der Waals surface area contributed by atoms with Crippen LogP contribution in [-0.4, -0.2) is 31.9 Å². The van der Waals surface area contributed by atoms with Crippen LogP contribution in [0.4, 0.5) is 5.69 Å². The smallest absolute Gasteiger partial charge is 0.235 e. The minimum Gasteiger partial charge on any atom is -0.378 e. The predicted octanol–water partition coefficient (Wildman–Crippen LogP) is 1.90. The van der Waals surface area contributed by atoms with Gasteiger partial charge in [0, 0.05) is 6.20 Å². The van der Waals surface area contributed by atoms with Gasteiger partial charge in [-0.2, -0.15) is 0 Å². The van der Waals surface area contributed by atoms with E-state index >= 15 is 0 Å². The van der Waals surface area contributed by atoms with Crippen molar-refractivity contribution in [1.82, 2.24) is 4.98 Å². The molecule has 1 heterocycles. The van der Waals surface area contributed by atoms with Crippen LogP contribution >= 0.6 is 11.6 Å². The van der Waals surface area contributed by atoms with Crippen molar-refractivity contribution in [2.75, 3.05) is 17.1 Å². The van der Waals surface area contributed by atoms with E-state index in [0.717, 1.165) is 0 Å². The summed E-state index contributed by atoms with van der Waals surface area (Å²) < 4.78 is 30.9. The lowest BCUT2D eigenvalue weighted by molar-refractivity contribution is 0.0913. The Morgan fingerprint density at radius 1 is 1.53 bits per heavy atom. The van der Waals surface area contributed by atoms with Crippen LogP contribution in [0, 0.1) is 0 Å². The van der Waals surface area contributed by atoms with Crippen LogP contribution in [0.3, 0.4) is 0 Å². The summed E-state index contributed by atoms with van der Waals surface area (Å²) >= 11 is 5.65. The molecule has 0 aromatic carbocycles. The maximum Gasteiger partial charge on any atom is 0.235 e. The number of hydrogen-bond donors (Lipinski definition) is 1. The minimum atomic E-state index is -3.41. The third-order valence-electron chi connectivity index (χ3n) is 1.80. The van der Waals surface area contributed by atoms with Gasteiger partial charge in [-0.1, -0.05) is 11.6 Å². The first kappa shape index (κ1) is 14.2. The number of sulfonamides is 1. The normalized spacial score (nSPS) is 11.8. The molecular weight excluding hydrogens is 264 g/mol. The molecule has 7 heteroatoms. The van der Waals surface area contributed by atoms with E-state index in [1.54, 1.807) is 0 Å². The molecule has 1 aromatic heterocycles. The second kappa shape index (κ2) is 6.18. The van der Waals surface area contributed by atoms with Gasteiger partial charge >= 0.3 is 0 Å². The topological polar surface area (TPSA) is 68.3 Å². The Morgan fingerprint density at radius 3 is 2.82 bits per heavy atom. The van der Waals surface area contributed by atoms with Gasteiger partial charge in [0.25, 0.3) is 0 Å². The molecule has 1 rings (SSSR count). The lowest BCUT2D eigenvalue weighted by atomic mass is 10.4. The molecule has 0 saturated carbocycles. The molecule has 0 unspecified atom stereocenters. The highest BCUT2D eigenvalue weighted by Crippen LogP contribution is 2.13. The van der Waals surface area contributed by atoms with Crippen molar-refractivity contribution in [2.24, 2.45) is 0 Å². The van der Waals surface area contributed by atoms with Gasteiger partial charge in [0.1, 0.15) is 5.15 Å². The van der Waals surface area contributed by atoms with Gasteiger partial charge in [-0.25, -0.2) is 13.4 Å². The van der Waals surface area contributed by atoms with Crippen molar-refractivity contribution in [3.8, 4) is 0 Å². The van der Waals surface area contributed by atoms with Gasteiger partial charge in [-0.15, -0.1) is 0 Å². The fourth-order valence-electron chi connectivity index (χ4n) is 1.09. The summed E-state index contributed by atoms with van der Waals surface area (Å²) in [5.41, 5.74) is 0.398. The van der Waals surface area contributed by atoms with Crippen LogP contribution in [0.25, 0.3) is 0 Å². The number of hydrogen-bond acceptors (Lipinski definition) is 4. The number of anilines is 1. The molecule has 1 N–H and O–H groups in total. The summed E-state index contributed by atoms with van der Waals surface area (Å²) in [5.74, 6) is -0.0921. The van der Waals surface area contributed by atoms with Crippen LogP contribution in [0.1, 0.15) is 13.8 Å². The quantitative estimate of drug-likeness (QED) is 0.807.